The van der Waals surface area contributed by atoms with Crippen LogP contribution in [0.4, 0.5) is 5.69 Å². The first-order valence-electron chi connectivity index (χ1n) is 6.66. The molecule has 0 radical (unpaired) electrons. The molecule has 94 valence electrons. The van der Waals surface area contributed by atoms with Crippen LogP contribution in [-0.4, -0.2) is 13.7 Å². The molecule has 0 aromatic heterocycles. The van der Waals surface area contributed by atoms with Crippen molar-refractivity contribution >= 4 is 5.69 Å². The zero-order valence-corrected chi connectivity index (χ0v) is 11.1. The Morgan fingerprint density at radius 2 is 2.29 bits per heavy atom. The molecule has 0 saturated heterocycles. The lowest BCUT2D eigenvalue weighted by Gasteiger charge is -2.16. The molecule has 17 heavy (non-hydrogen) atoms. The molecule has 0 bridgehead atoms. The molecule has 0 spiro atoms. The number of hydrogen-bond donors (Lipinski definition) is 1. The monoisotopic (exact) mass is 233 g/mol. The molecule has 1 aromatic rings. The highest BCUT2D eigenvalue weighted by Gasteiger charge is 2.24. The van der Waals surface area contributed by atoms with Crippen molar-refractivity contribution in [2.45, 2.75) is 39.0 Å². The van der Waals surface area contributed by atoms with Crippen LogP contribution in [0.5, 0.6) is 5.75 Å². The van der Waals surface area contributed by atoms with E-state index in [0.717, 1.165) is 18.2 Å². The minimum absolute atomic E-state index is 0.654. The number of fused-ring (bicyclic) bond motifs is 1. The highest BCUT2D eigenvalue weighted by molar-refractivity contribution is 5.60. The van der Waals surface area contributed by atoms with Crippen LogP contribution in [0.15, 0.2) is 18.2 Å². The van der Waals surface area contributed by atoms with Crippen LogP contribution in [0.25, 0.3) is 0 Å². The van der Waals surface area contributed by atoms with E-state index in [2.05, 4.69) is 31.3 Å². The van der Waals surface area contributed by atoms with E-state index in [9.17, 15) is 0 Å². The molecule has 1 aromatic carbocycles. The van der Waals surface area contributed by atoms with Crippen molar-refractivity contribution < 1.29 is 4.74 Å². The zero-order valence-electron chi connectivity index (χ0n) is 11.1. The average molecular weight is 233 g/mol. The van der Waals surface area contributed by atoms with E-state index in [4.69, 9.17) is 4.74 Å². The normalized spacial score (nSPS) is 19.6. The summed E-state index contributed by atoms with van der Waals surface area (Å²) in [5.74, 6) is 2.44. The number of rotatable bonds is 5. The molecule has 1 aliphatic heterocycles. The minimum Gasteiger partial charge on any atom is -0.497 e. The summed E-state index contributed by atoms with van der Waals surface area (Å²) in [7, 11) is 1.73. The minimum atomic E-state index is 0.654. The number of methoxy groups -OCH3 is 1. The number of benzene rings is 1. The Kier molecular flexibility index (Phi) is 3.93. The molecule has 1 aliphatic rings. The quantitative estimate of drug-likeness (QED) is 0.829. The van der Waals surface area contributed by atoms with Crippen LogP contribution in [0, 0.1) is 5.92 Å². The molecular formula is C15H23NO. The van der Waals surface area contributed by atoms with Crippen LogP contribution >= 0.6 is 0 Å². The van der Waals surface area contributed by atoms with Gasteiger partial charge in [-0.15, -0.1) is 0 Å². The summed E-state index contributed by atoms with van der Waals surface area (Å²) >= 11 is 0. The lowest BCUT2D eigenvalue weighted by atomic mass is 9.89. The van der Waals surface area contributed by atoms with Crippen molar-refractivity contribution in [3.8, 4) is 5.75 Å². The van der Waals surface area contributed by atoms with Gasteiger partial charge in [-0.05, 0) is 36.1 Å². The maximum Gasteiger partial charge on any atom is 0.119 e. The molecule has 0 saturated carbocycles. The van der Waals surface area contributed by atoms with Crippen molar-refractivity contribution in [1.82, 2.24) is 0 Å². The fraction of sp³-hybridized carbons (Fsp3) is 0.600. The van der Waals surface area contributed by atoms with Crippen LogP contribution < -0.4 is 10.1 Å². The van der Waals surface area contributed by atoms with E-state index in [1.165, 1.54) is 30.5 Å². The molecule has 0 fully saturated rings. The van der Waals surface area contributed by atoms with Crippen LogP contribution in [0.2, 0.25) is 0 Å². The smallest absolute Gasteiger partial charge is 0.119 e. The molecule has 1 heterocycles. The van der Waals surface area contributed by atoms with Gasteiger partial charge in [0, 0.05) is 18.2 Å². The topological polar surface area (TPSA) is 21.3 Å². The first-order chi connectivity index (χ1) is 8.24. The Balaban J connectivity index is 2.09. The molecule has 2 heteroatoms. The second-order valence-electron chi connectivity index (χ2n) is 5.16. The van der Waals surface area contributed by atoms with Gasteiger partial charge in [-0.25, -0.2) is 0 Å². The number of nitrogens with one attached hydrogen (secondary N) is 1. The third-order valence-electron chi connectivity index (χ3n) is 3.71. The number of ether oxygens (including phenoxy) is 1. The molecule has 2 atom stereocenters. The lowest BCUT2D eigenvalue weighted by Crippen LogP contribution is -2.07. The van der Waals surface area contributed by atoms with Gasteiger partial charge in [-0.3, -0.25) is 0 Å². The third kappa shape index (κ3) is 2.74. The fourth-order valence-electron chi connectivity index (χ4n) is 2.82. The van der Waals surface area contributed by atoms with Crippen LogP contribution in [0.1, 0.15) is 44.6 Å². The first kappa shape index (κ1) is 12.3. The summed E-state index contributed by atoms with van der Waals surface area (Å²) in [5.41, 5.74) is 2.73. The average Bonchev–Trinajstić information content (AvgIpc) is 2.72. The Hall–Kier alpha value is -1.18. The Morgan fingerprint density at radius 1 is 1.47 bits per heavy atom. The van der Waals surface area contributed by atoms with E-state index in [-0.39, 0.29) is 0 Å². The van der Waals surface area contributed by atoms with Crippen molar-refractivity contribution in [1.29, 1.82) is 0 Å². The fourth-order valence-corrected chi connectivity index (χ4v) is 2.82. The predicted molar refractivity (Wildman–Crippen MR) is 72.9 cm³/mol. The zero-order chi connectivity index (χ0) is 12.3. The van der Waals surface area contributed by atoms with Crippen LogP contribution in [-0.2, 0) is 0 Å². The molecule has 2 rings (SSSR count). The van der Waals surface area contributed by atoms with Gasteiger partial charge in [0.05, 0.1) is 7.11 Å². The molecule has 0 aliphatic carbocycles. The summed E-state index contributed by atoms with van der Waals surface area (Å²) < 4.78 is 5.31. The van der Waals surface area contributed by atoms with Crippen molar-refractivity contribution in [2.24, 2.45) is 5.92 Å². The standard InChI is InChI=1S/C15H23NO/c1-4-5-11(2)8-12-10-16-15-7-6-13(17-3)9-14(12)15/h6-7,9,11-12,16H,4-5,8,10H2,1-3H3. The van der Waals surface area contributed by atoms with E-state index in [1.807, 2.05) is 6.07 Å². The Bertz CT molecular complexity index is 375. The largest absolute Gasteiger partial charge is 0.497 e. The van der Waals surface area contributed by atoms with Crippen LogP contribution in [0.3, 0.4) is 0 Å². The van der Waals surface area contributed by atoms with Gasteiger partial charge in [0.15, 0.2) is 0 Å². The first-order valence-corrected chi connectivity index (χ1v) is 6.66. The molecule has 0 amide bonds. The van der Waals surface area contributed by atoms with Crippen molar-refractivity contribution in [3.05, 3.63) is 23.8 Å². The van der Waals surface area contributed by atoms with Gasteiger partial charge in [-0.2, -0.15) is 0 Å². The van der Waals surface area contributed by atoms with E-state index in [0.29, 0.717) is 5.92 Å². The molecular weight excluding hydrogens is 210 g/mol. The van der Waals surface area contributed by atoms with Crippen molar-refractivity contribution in [2.75, 3.05) is 19.0 Å². The molecule has 2 nitrogen and oxygen atoms in total. The van der Waals surface area contributed by atoms with E-state index in [1.54, 1.807) is 7.11 Å². The van der Waals surface area contributed by atoms with Gasteiger partial charge < -0.3 is 10.1 Å². The van der Waals surface area contributed by atoms with E-state index >= 15 is 0 Å². The third-order valence-corrected chi connectivity index (χ3v) is 3.71. The number of hydrogen-bond acceptors (Lipinski definition) is 2. The molecule has 2 unspecified atom stereocenters. The second-order valence-corrected chi connectivity index (χ2v) is 5.16. The maximum absolute atomic E-state index is 5.31. The molecule has 1 N–H and O–H groups in total. The van der Waals surface area contributed by atoms with Crippen molar-refractivity contribution in [3.63, 3.8) is 0 Å². The van der Waals surface area contributed by atoms with Gasteiger partial charge in [0.1, 0.15) is 5.75 Å². The van der Waals surface area contributed by atoms with E-state index < -0.39 is 0 Å². The Labute approximate surface area is 104 Å². The van der Waals surface area contributed by atoms with Gasteiger partial charge >= 0.3 is 0 Å². The highest BCUT2D eigenvalue weighted by atomic mass is 16.5. The number of anilines is 1. The summed E-state index contributed by atoms with van der Waals surface area (Å²) in [5, 5.41) is 3.49. The predicted octanol–water partition coefficient (Wildman–Crippen LogP) is 4.03. The lowest BCUT2D eigenvalue weighted by molar-refractivity contribution is 0.412. The van der Waals surface area contributed by atoms with Gasteiger partial charge in [0.25, 0.3) is 0 Å². The highest BCUT2D eigenvalue weighted by Crippen LogP contribution is 2.38. The summed E-state index contributed by atoms with van der Waals surface area (Å²) in [6, 6.07) is 6.36. The summed E-state index contributed by atoms with van der Waals surface area (Å²) in [6.07, 6.45) is 3.89. The SMILES string of the molecule is CCCC(C)CC1CNc2ccc(OC)cc21. The second kappa shape index (κ2) is 5.44. The van der Waals surface area contributed by atoms with Gasteiger partial charge in [-0.1, -0.05) is 26.7 Å². The summed E-state index contributed by atoms with van der Waals surface area (Å²) in [6.45, 7) is 5.71. The maximum atomic E-state index is 5.31. The summed E-state index contributed by atoms with van der Waals surface area (Å²) in [4.78, 5) is 0. The van der Waals surface area contributed by atoms with Gasteiger partial charge in [0.2, 0.25) is 0 Å². The Morgan fingerprint density at radius 3 is 3.00 bits per heavy atom.